The molecule has 1 aliphatic heterocycles. The molecule has 94 valence electrons. The zero-order valence-corrected chi connectivity index (χ0v) is 10.5. The van der Waals surface area contributed by atoms with Crippen LogP contribution in [-0.4, -0.2) is 19.0 Å². The van der Waals surface area contributed by atoms with Gasteiger partial charge in [-0.15, -0.1) is 0 Å². The van der Waals surface area contributed by atoms with E-state index in [0.29, 0.717) is 17.8 Å². The molecule has 0 saturated carbocycles. The monoisotopic (exact) mass is 243 g/mol. The predicted molar refractivity (Wildman–Crippen MR) is 70.0 cm³/mol. The van der Waals surface area contributed by atoms with Crippen molar-refractivity contribution in [3.05, 3.63) is 29.8 Å². The largest absolute Gasteiger partial charge is 0.324 e. The van der Waals surface area contributed by atoms with Crippen LogP contribution in [0, 0.1) is 16.7 Å². The summed E-state index contributed by atoms with van der Waals surface area (Å²) in [6.07, 6.45) is 1.66. The summed E-state index contributed by atoms with van der Waals surface area (Å²) in [5.74, 6) is 0.0118. The molecule has 0 aliphatic carbocycles. The maximum atomic E-state index is 12.4. The van der Waals surface area contributed by atoms with E-state index in [2.05, 4.69) is 16.7 Å². The van der Waals surface area contributed by atoms with Gasteiger partial charge < -0.3 is 10.6 Å². The first-order chi connectivity index (χ1) is 8.72. The van der Waals surface area contributed by atoms with Gasteiger partial charge in [0.2, 0.25) is 5.91 Å². The topological polar surface area (TPSA) is 64.9 Å². The second kappa shape index (κ2) is 5.19. The molecule has 1 fully saturated rings. The van der Waals surface area contributed by atoms with E-state index in [-0.39, 0.29) is 11.3 Å². The number of anilines is 1. The fraction of sp³-hybridized carbons (Fsp3) is 0.429. The average molecular weight is 243 g/mol. The molecule has 1 aromatic carbocycles. The van der Waals surface area contributed by atoms with Crippen molar-refractivity contribution in [1.82, 2.24) is 5.32 Å². The van der Waals surface area contributed by atoms with Crippen LogP contribution in [0.5, 0.6) is 0 Å². The third-order valence-electron chi connectivity index (χ3n) is 3.70. The Morgan fingerprint density at radius 2 is 2.33 bits per heavy atom. The molecule has 18 heavy (non-hydrogen) atoms. The van der Waals surface area contributed by atoms with Crippen LogP contribution < -0.4 is 10.6 Å². The highest BCUT2D eigenvalue weighted by Gasteiger charge is 2.39. The smallest absolute Gasteiger partial charge is 0.231 e. The first-order valence-electron chi connectivity index (χ1n) is 6.23. The van der Waals surface area contributed by atoms with Crippen LogP contribution in [0.25, 0.3) is 0 Å². The van der Waals surface area contributed by atoms with Crippen LogP contribution in [0.4, 0.5) is 5.69 Å². The highest BCUT2D eigenvalue weighted by Crippen LogP contribution is 2.31. The fourth-order valence-electron chi connectivity index (χ4n) is 2.34. The number of benzene rings is 1. The van der Waals surface area contributed by atoms with Gasteiger partial charge in [0.25, 0.3) is 0 Å². The maximum Gasteiger partial charge on any atom is 0.231 e. The van der Waals surface area contributed by atoms with Crippen molar-refractivity contribution < 1.29 is 4.79 Å². The van der Waals surface area contributed by atoms with Crippen LogP contribution in [0.1, 0.15) is 25.3 Å². The minimum atomic E-state index is -0.331. The molecule has 2 N–H and O–H groups in total. The molecular weight excluding hydrogens is 226 g/mol. The minimum Gasteiger partial charge on any atom is -0.324 e. The van der Waals surface area contributed by atoms with E-state index in [9.17, 15) is 4.79 Å². The first-order valence-corrected chi connectivity index (χ1v) is 6.23. The molecule has 0 bridgehead atoms. The zero-order valence-electron chi connectivity index (χ0n) is 10.5. The lowest BCUT2D eigenvalue weighted by molar-refractivity contribution is -0.124. The summed E-state index contributed by atoms with van der Waals surface area (Å²) in [7, 11) is 0. The normalized spacial score (nSPS) is 22.4. The zero-order chi connectivity index (χ0) is 13.0. The Balaban J connectivity index is 2.19. The molecule has 1 amide bonds. The summed E-state index contributed by atoms with van der Waals surface area (Å²) in [6, 6.07) is 9.18. The van der Waals surface area contributed by atoms with Gasteiger partial charge in [0.15, 0.2) is 0 Å². The number of carbonyl (C=O) groups excluding carboxylic acids is 1. The minimum absolute atomic E-state index is 0.0118. The molecule has 4 nitrogen and oxygen atoms in total. The highest BCUT2D eigenvalue weighted by atomic mass is 16.2. The number of amides is 1. The average Bonchev–Trinajstić information content (AvgIpc) is 2.89. The predicted octanol–water partition coefficient (Wildman–Crippen LogP) is 1.89. The number of nitrogens with one attached hydrogen (secondary N) is 2. The third kappa shape index (κ3) is 2.22. The van der Waals surface area contributed by atoms with Gasteiger partial charge in [-0.1, -0.05) is 19.1 Å². The van der Waals surface area contributed by atoms with Crippen molar-refractivity contribution in [2.24, 2.45) is 5.41 Å². The molecule has 1 aliphatic rings. The molecule has 4 heteroatoms. The first kappa shape index (κ1) is 12.6. The van der Waals surface area contributed by atoms with E-state index in [4.69, 9.17) is 5.26 Å². The van der Waals surface area contributed by atoms with Crippen molar-refractivity contribution in [3.8, 4) is 6.07 Å². The van der Waals surface area contributed by atoms with Crippen LogP contribution in [0.2, 0.25) is 0 Å². The summed E-state index contributed by atoms with van der Waals surface area (Å²) in [6.45, 7) is 3.62. The number of para-hydroxylation sites is 1. The molecule has 1 atom stereocenters. The third-order valence-corrected chi connectivity index (χ3v) is 3.70. The lowest BCUT2D eigenvalue weighted by atomic mass is 9.83. The highest BCUT2D eigenvalue weighted by molar-refractivity contribution is 5.96. The van der Waals surface area contributed by atoms with Gasteiger partial charge in [0, 0.05) is 6.54 Å². The van der Waals surface area contributed by atoms with Gasteiger partial charge in [-0.25, -0.2) is 0 Å². The summed E-state index contributed by atoms with van der Waals surface area (Å²) in [5.41, 5.74) is 0.774. The van der Waals surface area contributed by atoms with Crippen LogP contribution in [0.3, 0.4) is 0 Å². The van der Waals surface area contributed by atoms with E-state index < -0.39 is 0 Å². The number of rotatable bonds is 3. The van der Waals surface area contributed by atoms with E-state index in [1.807, 2.05) is 13.0 Å². The van der Waals surface area contributed by atoms with Crippen LogP contribution >= 0.6 is 0 Å². The van der Waals surface area contributed by atoms with Crippen LogP contribution in [0.15, 0.2) is 24.3 Å². The molecular formula is C14H17N3O. The molecule has 2 rings (SSSR count). The van der Waals surface area contributed by atoms with E-state index in [0.717, 1.165) is 19.4 Å². The Hall–Kier alpha value is -1.86. The molecule has 0 spiro atoms. The Labute approximate surface area is 107 Å². The van der Waals surface area contributed by atoms with Crippen molar-refractivity contribution in [2.75, 3.05) is 18.4 Å². The van der Waals surface area contributed by atoms with Crippen molar-refractivity contribution in [2.45, 2.75) is 19.8 Å². The van der Waals surface area contributed by atoms with Gasteiger partial charge in [0.1, 0.15) is 6.07 Å². The molecule has 1 heterocycles. The lowest BCUT2D eigenvalue weighted by Gasteiger charge is -2.25. The van der Waals surface area contributed by atoms with Gasteiger partial charge in [-0.05, 0) is 31.5 Å². The van der Waals surface area contributed by atoms with Crippen molar-refractivity contribution in [3.63, 3.8) is 0 Å². The van der Waals surface area contributed by atoms with Crippen LogP contribution in [-0.2, 0) is 4.79 Å². The second-order valence-electron chi connectivity index (χ2n) is 4.67. The van der Waals surface area contributed by atoms with Gasteiger partial charge in [-0.2, -0.15) is 5.26 Å². The molecule has 1 saturated heterocycles. The molecule has 0 aromatic heterocycles. The number of hydrogen-bond donors (Lipinski definition) is 2. The quantitative estimate of drug-likeness (QED) is 0.852. The summed E-state index contributed by atoms with van der Waals surface area (Å²) in [4.78, 5) is 12.4. The fourth-order valence-corrected chi connectivity index (χ4v) is 2.34. The Kier molecular flexibility index (Phi) is 3.63. The Morgan fingerprint density at radius 1 is 1.56 bits per heavy atom. The summed E-state index contributed by atoms with van der Waals surface area (Å²) >= 11 is 0. The number of carbonyl (C=O) groups is 1. The van der Waals surface area contributed by atoms with Gasteiger partial charge in [-0.3, -0.25) is 4.79 Å². The Morgan fingerprint density at radius 3 is 2.94 bits per heavy atom. The van der Waals surface area contributed by atoms with E-state index in [1.165, 1.54) is 0 Å². The van der Waals surface area contributed by atoms with Gasteiger partial charge in [0.05, 0.1) is 16.7 Å². The number of nitriles is 1. The van der Waals surface area contributed by atoms with E-state index in [1.54, 1.807) is 18.2 Å². The number of nitrogens with zero attached hydrogens (tertiary/aromatic N) is 1. The van der Waals surface area contributed by atoms with E-state index >= 15 is 0 Å². The molecule has 0 radical (unpaired) electrons. The summed E-state index contributed by atoms with van der Waals surface area (Å²) < 4.78 is 0. The second-order valence-corrected chi connectivity index (χ2v) is 4.67. The van der Waals surface area contributed by atoms with Crippen molar-refractivity contribution in [1.29, 1.82) is 5.26 Å². The molecule has 1 unspecified atom stereocenters. The standard InChI is InChI=1S/C14H17N3O/c1-2-14(7-8-16-10-14)13(18)17-12-6-4-3-5-11(12)9-15/h3-6,16H,2,7-8,10H2,1H3,(H,17,18). The maximum absolute atomic E-state index is 12.4. The van der Waals surface area contributed by atoms with Gasteiger partial charge >= 0.3 is 0 Å². The number of hydrogen-bond acceptors (Lipinski definition) is 3. The summed E-state index contributed by atoms with van der Waals surface area (Å²) in [5, 5.41) is 15.1. The molecule has 1 aromatic rings. The Bertz CT molecular complexity index is 484. The lowest BCUT2D eigenvalue weighted by Crippen LogP contribution is -2.37. The van der Waals surface area contributed by atoms with Crippen molar-refractivity contribution >= 4 is 11.6 Å². The SMILES string of the molecule is CCC1(C(=O)Nc2ccccc2C#N)CCNC1.